The molecular weight excluding hydrogens is 274 g/mol. The molecule has 0 aliphatic carbocycles. The zero-order valence-corrected chi connectivity index (χ0v) is 11.3. The molecule has 4 nitrogen and oxygen atoms in total. The molecule has 1 amide bonds. The Morgan fingerprint density at radius 2 is 2.28 bits per heavy atom. The van der Waals surface area contributed by atoms with Crippen LogP contribution in [0.1, 0.15) is 10.9 Å². The summed E-state index contributed by atoms with van der Waals surface area (Å²) in [5.41, 5.74) is 0.846. The van der Waals surface area contributed by atoms with Crippen molar-refractivity contribution in [3.8, 4) is 0 Å². The van der Waals surface area contributed by atoms with Crippen LogP contribution in [-0.4, -0.2) is 36.2 Å². The first kappa shape index (κ1) is 13.2. The lowest BCUT2D eigenvalue weighted by atomic mass is 10.2. The normalized spacial score (nSPS) is 19.1. The van der Waals surface area contributed by atoms with E-state index in [4.69, 9.17) is 11.6 Å². The van der Waals surface area contributed by atoms with Gasteiger partial charge in [-0.05, 0) is 6.07 Å². The highest BCUT2D eigenvalue weighted by atomic mass is 35.5. The number of hydrogen-bond donors (Lipinski definition) is 0. The van der Waals surface area contributed by atoms with Crippen molar-refractivity contribution in [2.45, 2.75) is 5.37 Å². The third-order valence-corrected chi connectivity index (χ3v) is 4.25. The number of methoxy groups -OCH3 is 1. The highest BCUT2D eigenvalue weighted by Crippen LogP contribution is 2.41. The summed E-state index contributed by atoms with van der Waals surface area (Å²) >= 11 is 7.58. The lowest BCUT2D eigenvalue weighted by Gasteiger charge is -2.23. The molecule has 0 unspecified atom stereocenters. The predicted octanol–water partition coefficient (Wildman–Crippen LogP) is 2.09. The minimum absolute atomic E-state index is 0.0434. The van der Waals surface area contributed by atoms with Gasteiger partial charge in [-0.1, -0.05) is 29.8 Å². The summed E-state index contributed by atoms with van der Waals surface area (Å²) < 4.78 is 4.60. The SMILES string of the molecule is COC(=O)CN1C(=O)CS[C@@H]1c1ccccc1Cl. The number of ether oxygens (including phenoxy) is 1. The number of nitrogens with zero attached hydrogens (tertiary/aromatic N) is 1. The summed E-state index contributed by atoms with van der Waals surface area (Å²) in [5.74, 6) is -0.148. The quantitative estimate of drug-likeness (QED) is 0.798. The standard InChI is InChI=1S/C12H12ClNO3S/c1-17-11(16)6-14-10(15)7-18-12(14)8-4-2-3-5-9(8)13/h2-5,12H,6-7H2,1H3/t12-/m1/s1. The molecule has 2 rings (SSSR count). The van der Waals surface area contributed by atoms with Gasteiger partial charge in [0.25, 0.3) is 0 Å². The van der Waals surface area contributed by atoms with Gasteiger partial charge in [0, 0.05) is 10.6 Å². The molecule has 96 valence electrons. The maximum Gasteiger partial charge on any atom is 0.325 e. The second kappa shape index (κ2) is 5.63. The number of thioether (sulfide) groups is 1. The van der Waals surface area contributed by atoms with Crippen molar-refractivity contribution in [3.63, 3.8) is 0 Å². The number of hydrogen-bond acceptors (Lipinski definition) is 4. The summed E-state index contributed by atoms with van der Waals surface area (Å²) in [7, 11) is 1.31. The van der Waals surface area contributed by atoms with E-state index in [-0.39, 0.29) is 17.8 Å². The maximum atomic E-state index is 11.8. The van der Waals surface area contributed by atoms with E-state index in [9.17, 15) is 9.59 Å². The van der Waals surface area contributed by atoms with E-state index in [0.717, 1.165) is 5.56 Å². The molecule has 18 heavy (non-hydrogen) atoms. The molecule has 0 radical (unpaired) electrons. The molecule has 6 heteroatoms. The molecule has 0 saturated carbocycles. The van der Waals surface area contributed by atoms with Crippen molar-refractivity contribution >= 4 is 35.2 Å². The number of amides is 1. The molecule has 1 aliphatic rings. The van der Waals surface area contributed by atoms with Crippen LogP contribution in [0.25, 0.3) is 0 Å². The van der Waals surface area contributed by atoms with Gasteiger partial charge in [0.05, 0.1) is 12.9 Å². The van der Waals surface area contributed by atoms with Crippen LogP contribution >= 0.6 is 23.4 Å². The molecule has 0 N–H and O–H groups in total. The van der Waals surface area contributed by atoms with Crippen LogP contribution in [0.5, 0.6) is 0 Å². The lowest BCUT2D eigenvalue weighted by Crippen LogP contribution is -2.34. The van der Waals surface area contributed by atoms with Crippen molar-refractivity contribution in [1.82, 2.24) is 4.90 Å². The average Bonchev–Trinajstić information content (AvgIpc) is 2.72. The fourth-order valence-electron chi connectivity index (χ4n) is 1.76. The zero-order valence-electron chi connectivity index (χ0n) is 9.76. The van der Waals surface area contributed by atoms with Gasteiger partial charge in [0.1, 0.15) is 11.9 Å². The fourth-order valence-corrected chi connectivity index (χ4v) is 3.29. The summed E-state index contributed by atoms with van der Waals surface area (Å²) in [6, 6.07) is 7.33. The Labute approximate surface area is 114 Å². The average molecular weight is 286 g/mol. The monoisotopic (exact) mass is 285 g/mol. The second-order valence-corrected chi connectivity index (χ2v) is 5.26. The Bertz CT molecular complexity index is 480. The van der Waals surface area contributed by atoms with Gasteiger partial charge in [0.2, 0.25) is 5.91 Å². The number of halogens is 1. The fraction of sp³-hybridized carbons (Fsp3) is 0.333. The van der Waals surface area contributed by atoms with Crippen LogP contribution in [0, 0.1) is 0 Å². The minimum atomic E-state index is -0.428. The van der Waals surface area contributed by atoms with Crippen molar-refractivity contribution < 1.29 is 14.3 Å². The topological polar surface area (TPSA) is 46.6 Å². The van der Waals surface area contributed by atoms with Gasteiger partial charge in [-0.15, -0.1) is 11.8 Å². The van der Waals surface area contributed by atoms with E-state index >= 15 is 0 Å². The molecule has 1 aromatic rings. The number of benzene rings is 1. The molecule has 1 aromatic carbocycles. The second-order valence-electron chi connectivity index (χ2n) is 3.78. The van der Waals surface area contributed by atoms with Crippen molar-refractivity contribution in [1.29, 1.82) is 0 Å². The first-order valence-electron chi connectivity index (χ1n) is 5.36. The molecule has 0 aromatic heterocycles. The van der Waals surface area contributed by atoms with Crippen molar-refractivity contribution in [2.75, 3.05) is 19.4 Å². The van der Waals surface area contributed by atoms with Crippen molar-refractivity contribution in [3.05, 3.63) is 34.9 Å². The summed E-state index contributed by atoms with van der Waals surface area (Å²) in [6.07, 6.45) is 0. The molecule has 1 atom stereocenters. The molecular formula is C12H12ClNO3S. The Morgan fingerprint density at radius 3 is 2.94 bits per heavy atom. The third-order valence-electron chi connectivity index (χ3n) is 2.67. The van der Waals surface area contributed by atoms with Crippen LogP contribution < -0.4 is 0 Å². The maximum absolute atomic E-state index is 11.8. The minimum Gasteiger partial charge on any atom is -0.468 e. The predicted molar refractivity (Wildman–Crippen MR) is 70.4 cm³/mol. The number of rotatable bonds is 3. The molecule has 1 fully saturated rings. The molecule has 0 spiro atoms. The van der Waals surface area contributed by atoms with E-state index in [2.05, 4.69) is 4.74 Å². The molecule has 1 heterocycles. The molecule has 1 saturated heterocycles. The van der Waals surface area contributed by atoms with Crippen LogP contribution in [-0.2, 0) is 14.3 Å². The summed E-state index contributed by atoms with van der Waals surface area (Å²) in [5, 5.41) is 0.380. The Hall–Kier alpha value is -1.20. The van der Waals surface area contributed by atoms with Crippen LogP contribution in [0.4, 0.5) is 0 Å². The van der Waals surface area contributed by atoms with Gasteiger partial charge in [-0.25, -0.2) is 0 Å². The largest absolute Gasteiger partial charge is 0.468 e. The molecule has 1 aliphatic heterocycles. The lowest BCUT2D eigenvalue weighted by molar-refractivity contribution is -0.146. The van der Waals surface area contributed by atoms with Gasteiger partial charge < -0.3 is 9.64 Å². The van der Waals surface area contributed by atoms with Gasteiger partial charge in [-0.2, -0.15) is 0 Å². The van der Waals surface area contributed by atoms with Gasteiger partial charge in [-0.3, -0.25) is 9.59 Å². The van der Waals surface area contributed by atoms with E-state index in [1.54, 1.807) is 6.07 Å². The summed E-state index contributed by atoms with van der Waals surface area (Å²) in [4.78, 5) is 24.6. The van der Waals surface area contributed by atoms with E-state index in [1.165, 1.54) is 23.8 Å². The molecule has 0 bridgehead atoms. The summed E-state index contributed by atoms with van der Waals surface area (Å²) in [6.45, 7) is -0.0434. The van der Waals surface area contributed by atoms with Crippen LogP contribution in [0.2, 0.25) is 5.02 Å². The van der Waals surface area contributed by atoms with Gasteiger partial charge >= 0.3 is 5.97 Å². The first-order chi connectivity index (χ1) is 8.63. The highest BCUT2D eigenvalue weighted by molar-refractivity contribution is 8.00. The first-order valence-corrected chi connectivity index (χ1v) is 6.78. The van der Waals surface area contributed by atoms with Crippen LogP contribution in [0.3, 0.4) is 0 Å². The highest BCUT2D eigenvalue weighted by Gasteiger charge is 2.35. The van der Waals surface area contributed by atoms with Gasteiger partial charge in [0.15, 0.2) is 0 Å². The number of esters is 1. The zero-order chi connectivity index (χ0) is 13.1. The van der Waals surface area contributed by atoms with Crippen LogP contribution in [0.15, 0.2) is 24.3 Å². The Morgan fingerprint density at radius 1 is 1.56 bits per heavy atom. The smallest absolute Gasteiger partial charge is 0.325 e. The van der Waals surface area contributed by atoms with E-state index < -0.39 is 5.97 Å². The van der Waals surface area contributed by atoms with Crippen molar-refractivity contribution in [2.24, 2.45) is 0 Å². The number of carbonyl (C=O) groups excluding carboxylic acids is 2. The third kappa shape index (κ3) is 2.62. The Kier molecular flexibility index (Phi) is 4.14. The Balaban J connectivity index is 2.24. The van der Waals surface area contributed by atoms with E-state index in [1.807, 2.05) is 18.2 Å². The van der Waals surface area contributed by atoms with E-state index in [0.29, 0.717) is 10.8 Å². The number of carbonyl (C=O) groups is 2.